The van der Waals surface area contributed by atoms with E-state index in [-0.39, 0.29) is 65.2 Å². The van der Waals surface area contributed by atoms with Gasteiger partial charge < -0.3 is 30.0 Å². The van der Waals surface area contributed by atoms with Crippen LogP contribution in [0.1, 0.15) is 0 Å². The van der Waals surface area contributed by atoms with Crippen molar-refractivity contribution < 1.29 is 95.2 Å². The SMILES string of the molecule is O=C([O-])[O-].O=C([O-])[O-].[La+3].[Na+]. The van der Waals surface area contributed by atoms with Gasteiger partial charge in [-0.1, -0.05) is 0 Å². The topological polar surface area (TPSA) is 126 Å². The van der Waals surface area contributed by atoms with Gasteiger partial charge in [0.25, 0.3) is 0 Å². The van der Waals surface area contributed by atoms with Gasteiger partial charge in [-0.2, -0.15) is 0 Å². The van der Waals surface area contributed by atoms with Gasteiger partial charge in [0.2, 0.25) is 0 Å². The molecule has 0 aliphatic rings. The minimum atomic E-state index is -2.33. The van der Waals surface area contributed by atoms with Gasteiger partial charge in [-0.05, 0) is 12.3 Å². The van der Waals surface area contributed by atoms with Gasteiger partial charge in [0.15, 0.2) is 0 Å². The van der Waals surface area contributed by atoms with Crippen molar-refractivity contribution in [1.82, 2.24) is 0 Å². The first-order valence-corrected chi connectivity index (χ1v) is 1.22. The Hall–Kier alpha value is 0.735. The Morgan fingerprint density at radius 1 is 0.800 bits per heavy atom. The van der Waals surface area contributed by atoms with Gasteiger partial charge in [0, 0.05) is 0 Å². The normalized spacial score (nSPS) is 4.80. The minimum Gasteiger partial charge on any atom is -0.652 e. The zero-order chi connectivity index (χ0) is 7.15. The molecule has 0 N–H and O–H groups in total. The molecule has 0 aliphatic heterocycles. The average Bonchev–Trinajstić information content (AvgIpc) is 1.25. The fourth-order valence-corrected chi connectivity index (χ4v) is 0. The van der Waals surface area contributed by atoms with Crippen LogP contribution in [0, 0.1) is 35.6 Å². The van der Waals surface area contributed by atoms with E-state index in [1.807, 2.05) is 0 Å². The van der Waals surface area contributed by atoms with Crippen LogP contribution in [0.3, 0.4) is 0 Å². The van der Waals surface area contributed by atoms with Gasteiger partial charge >= 0.3 is 65.2 Å². The zero-order valence-corrected chi connectivity index (χ0v) is 10.7. The molecular weight excluding hydrogens is 282 g/mol. The molecular formula is C2LaNaO6. The van der Waals surface area contributed by atoms with Crippen LogP contribution in [0.5, 0.6) is 0 Å². The molecule has 0 aromatic rings. The van der Waals surface area contributed by atoms with E-state index in [1.165, 1.54) is 0 Å². The van der Waals surface area contributed by atoms with Crippen molar-refractivity contribution in [2.45, 2.75) is 0 Å². The summed E-state index contributed by atoms with van der Waals surface area (Å²) in [4.78, 5) is 16.7. The Balaban J connectivity index is -0.0000000300. The fourth-order valence-electron chi connectivity index (χ4n) is 0. The molecule has 0 fully saturated rings. The van der Waals surface area contributed by atoms with E-state index in [1.54, 1.807) is 0 Å². The monoisotopic (exact) mass is 282 g/mol. The van der Waals surface area contributed by atoms with E-state index in [2.05, 4.69) is 0 Å². The largest absolute Gasteiger partial charge is 3.00 e. The van der Waals surface area contributed by atoms with Gasteiger partial charge in [0.05, 0.1) is 0 Å². The summed E-state index contributed by atoms with van der Waals surface area (Å²) in [5.41, 5.74) is 0. The molecule has 0 aliphatic carbocycles. The molecule has 8 heteroatoms. The number of rotatable bonds is 0. The Bertz CT molecular complexity index is 73.7. The first-order chi connectivity index (χ1) is 3.46. The Kier molecular flexibility index (Phi) is 36.7. The minimum absolute atomic E-state index is 0. The zero-order valence-electron chi connectivity index (χ0n) is 5.03. The third-order valence-corrected chi connectivity index (χ3v) is 0. The second-order valence-corrected chi connectivity index (χ2v) is 0.500. The molecule has 0 rings (SSSR count). The summed E-state index contributed by atoms with van der Waals surface area (Å²) in [6, 6.07) is 0. The molecule has 0 unspecified atom stereocenters. The van der Waals surface area contributed by atoms with E-state index >= 15 is 0 Å². The van der Waals surface area contributed by atoms with Gasteiger partial charge in [0.1, 0.15) is 0 Å². The van der Waals surface area contributed by atoms with E-state index in [4.69, 9.17) is 30.0 Å². The van der Waals surface area contributed by atoms with E-state index in [0.29, 0.717) is 0 Å². The van der Waals surface area contributed by atoms with Crippen LogP contribution in [-0.2, 0) is 0 Å². The Morgan fingerprint density at radius 2 is 0.800 bits per heavy atom. The van der Waals surface area contributed by atoms with Gasteiger partial charge in [-0.3, -0.25) is 0 Å². The van der Waals surface area contributed by atoms with E-state index < -0.39 is 12.3 Å². The molecule has 0 amide bonds. The van der Waals surface area contributed by atoms with Crippen molar-refractivity contribution in [1.29, 1.82) is 0 Å². The molecule has 0 aromatic carbocycles. The molecule has 0 saturated heterocycles. The molecule has 48 valence electrons. The molecule has 6 nitrogen and oxygen atoms in total. The maximum absolute atomic E-state index is 8.33. The maximum atomic E-state index is 8.33. The van der Waals surface area contributed by atoms with Crippen molar-refractivity contribution in [3.63, 3.8) is 0 Å². The number of hydrogen-bond acceptors (Lipinski definition) is 6. The third kappa shape index (κ3) is 968. The molecule has 0 heterocycles. The summed E-state index contributed by atoms with van der Waals surface area (Å²) in [5.74, 6) is 0. The molecule has 0 aromatic heterocycles. The van der Waals surface area contributed by atoms with Crippen LogP contribution in [0.4, 0.5) is 9.59 Å². The third-order valence-electron chi connectivity index (χ3n) is 0. The molecule has 0 radical (unpaired) electrons. The van der Waals surface area contributed by atoms with Crippen LogP contribution >= 0.6 is 0 Å². The van der Waals surface area contributed by atoms with Crippen molar-refractivity contribution in [3.05, 3.63) is 0 Å². The predicted molar refractivity (Wildman–Crippen MR) is 10.8 cm³/mol. The fraction of sp³-hybridized carbons (Fsp3) is 0. The quantitative estimate of drug-likeness (QED) is 0.406. The molecule has 10 heavy (non-hydrogen) atoms. The summed E-state index contributed by atoms with van der Waals surface area (Å²) in [5, 5.41) is 33.3. The number of carbonyl (C=O) groups is 2. The van der Waals surface area contributed by atoms with Crippen molar-refractivity contribution in [3.8, 4) is 0 Å². The molecule has 0 spiro atoms. The van der Waals surface area contributed by atoms with Crippen LogP contribution in [0.2, 0.25) is 0 Å². The maximum Gasteiger partial charge on any atom is 3.00 e. The number of hydrogen-bond donors (Lipinski definition) is 0. The average molecular weight is 282 g/mol. The van der Waals surface area contributed by atoms with E-state index in [0.717, 1.165) is 0 Å². The summed E-state index contributed by atoms with van der Waals surface area (Å²) >= 11 is 0. The summed E-state index contributed by atoms with van der Waals surface area (Å²) in [6.45, 7) is 0. The number of carboxylic acid groups (broad SMARTS) is 4. The first-order valence-electron chi connectivity index (χ1n) is 1.22. The van der Waals surface area contributed by atoms with Crippen LogP contribution in [-0.4, -0.2) is 12.3 Å². The Morgan fingerprint density at radius 3 is 0.800 bits per heavy atom. The summed E-state index contributed by atoms with van der Waals surface area (Å²) in [6.07, 6.45) is -4.67. The van der Waals surface area contributed by atoms with E-state index in [9.17, 15) is 0 Å². The van der Waals surface area contributed by atoms with Crippen molar-refractivity contribution >= 4 is 12.3 Å². The predicted octanol–water partition coefficient (Wildman–Crippen LogP) is -7.89. The first kappa shape index (κ1) is 22.4. The summed E-state index contributed by atoms with van der Waals surface area (Å²) < 4.78 is 0. The van der Waals surface area contributed by atoms with Crippen molar-refractivity contribution in [2.75, 3.05) is 0 Å². The van der Waals surface area contributed by atoms with Crippen LogP contribution in [0.15, 0.2) is 0 Å². The van der Waals surface area contributed by atoms with Crippen LogP contribution < -0.4 is 50.0 Å². The van der Waals surface area contributed by atoms with Crippen LogP contribution in [0.25, 0.3) is 0 Å². The van der Waals surface area contributed by atoms with Gasteiger partial charge in [-0.25, -0.2) is 0 Å². The number of carbonyl (C=O) groups excluding carboxylic acids is 2. The molecule has 0 atom stereocenters. The Labute approximate surface area is 106 Å². The summed E-state index contributed by atoms with van der Waals surface area (Å²) in [7, 11) is 0. The molecule has 0 bridgehead atoms. The van der Waals surface area contributed by atoms with Gasteiger partial charge in [-0.15, -0.1) is 0 Å². The second-order valence-electron chi connectivity index (χ2n) is 0.500. The smallest absolute Gasteiger partial charge is 0.652 e. The standard InChI is InChI=1S/2CH2O3.La.Na/c2*2-1(3)4;;/h2*(H2,2,3,4);;/q;;+3;+1/p-4. The van der Waals surface area contributed by atoms with Crippen molar-refractivity contribution in [2.24, 2.45) is 0 Å². The molecule has 0 saturated carbocycles. The second kappa shape index (κ2) is 16.4.